The summed E-state index contributed by atoms with van der Waals surface area (Å²) in [6, 6.07) is 8.99. The molecule has 0 spiro atoms. The van der Waals surface area contributed by atoms with E-state index in [2.05, 4.69) is 50.2 Å². The summed E-state index contributed by atoms with van der Waals surface area (Å²) >= 11 is 0. The second-order valence-electron chi connectivity index (χ2n) is 11.4. The number of nitrogens with zero attached hydrogens (tertiary/aromatic N) is 1. The van der Waals surface area contributed by atoms with E-state index in [9.17, 15) is 15.0 Å². The summed E-state index contributed by atoms with van der Waals surface area (Å²) < 4.78 is 0. The lowest BCUT2D eigenvalue weighted by Gasteiger charge is -2.52. The summed E-state index contributed by atoms with van der Waals surface area (Å²) in [5.74, 6) is 1.82. The highest BCUT2D eigenvalue weighted by molar-refractivity contribution is 5.93. The Kier molecular flexibility index (Phi) is 6.03. The van der Waals surface area contributed by atoms with Crippen molar-refractivity contribution in [3.8, 4) is 0 Å². The summed E-state index contributed by atoms with van der Waals surface area (Å²) in [5, 5.41) is 20.9. The van der Waals surface area contributed by atoms with Gasteiger partial charge < -0.3 is 15.1 Å². The van der Waals surface area contributed by atoms with Crippen molar-refractivity contribution in [2.45, 2.75) is 70.3 Å². The minimum atomic E-state index is -0.311. The third-order valence-corrected chi connectivity index (χ3v) is 9.39. The number of aliphatic hydroxyl groups excluding tert-OH is 2. The molecule has 6 atom stereocenters. The molecule has 0 heterocycles. The maximum absolute atomic E-state index is 12.2. The number of benzene rings is 1. The van der Waals surface area contributed by atoms with E-state index in [-0.39, 0.29) is 29.8 Å². The number of carbonyl (C=O) groups is 1. The first kappa shape index (κ1) is 22.9. The standard InChI is InChI=1S/C29H39NO3/c1-29-17-25(18-6-9-21(10-7-18)30(2)3)27-23-13-11-22(32)15-19(23)8-12-24(27)26(29)16-20(28(29)33)5-4-14-31/h6-7,9-10,15,20,24-26,28,31,33H,4-5,8,11-14,16-17H2,1-3H3/t20?,24-,25+,26-,28+,29+/m0/s1. The topological polar surface area (TPSA) is 60.8 Å². The largest absolute Gasteiger partial charge is 0.396 e. The minimum absolute atomic E-state index is 0.106. The fourth-order valence-corrected chi connectivity index (χ4v) is 7.75. The van der Waals surface area contributed by atoms with Crippen molar-refractivity contribution in [1.82, 2.24) is 0 Å². The predicted molar refractivity (Wildman–Crippen MR) is 132 cm³/mol. The van der Waals surface area contributed by atoms with Crippen molar-refractivity contribution in [2.75, 3.05) is 25.6 Å². The van der Waals surface area contributed by atoms with Gasteiger partial charge in [0.1, 0.15) is 0 Å². The Morgan fingerprint density at radius 3 is 2.58 bits per heavy atom. The molecule has 2 saturated carbocycles. The third-order valence-electron chi connectivity index (χ3n) is 9.39. The number of fused-ring (bicyclic) bond motifs is 4. The van der Waals surface area contributed by atoms with Gasteiger partial charge in [-0.25, -0.2) is 0 Å². The van der Waals surface area contributed by atoms with Gasteiger partial charge in [0, 0.05) is 38.7 Å². The van der Waals surface area contributed by atoms with Crippen LogP contribution in [0.2, 0.25) is 0 Å². The number of anilines is 1. The van der Waals surface area contributed by atoms with Gasteiger partial charge in [-0.15, -0.1) is 0 Å². The summed E-state index contributed by atoms with van der Waals surface area (Å²) in [6.45, 7) is 2.53. The molecule has 1 aromatic carbocycles. The van der Waals surface area contributed by atoms with Crippen LogP contribution in [0.3, 0.4) is 0 Å². The number of aliphatic hydroxyl groups is 2. The Labute approximate surface area is 198 Å². The third kappa shape index (κ3) is 3.80. The Hall–Kier alpha value is -1.91. The molecule has 1 unspecified atom stereocenters. The molecule has 4 nitrogen and oxygen atoms in total. The highest BCUT2D eigenvalue weighted by Crippen LogP contribution is 2.65. The van der Waals surface area contributed by atoms with Crippen LogP contribution in [0, 0.1) is 23.2 Å². The molecule has 0 aliphatic heterocycles. The first-order chi connectivity index (χ1) is 15.8. The molecule has 1 aromatic rings. The number of hydrogen-bond acceptors (Lipinski definition) is 4. The van der Waals surface area contributed by atoms with Crippen LogP contribution in [0.15, 0.2) is 47.1 Å². The van der Waals surface area contributed by atoms with E-state index in [1.54, 1.807) is 5.57 Å². The van der Waals surface area contributed by atoms with E-state index in [1.807, 2.05) is 6.08 Å². The molecule has 178 valence electrons. The molecule has 4 aliphatic rings. The van der Waals surface area contributed by atoms with Crippen molar-refractivity contribution in [3.05, 3.63) is 52.6 Å². The van der Waals surface area contributed by atoms with E-state index in [4.69, 9.17) is 0 Å². The molecule has 2 N–H and O–H groups in total. The van der Waals surface area contributed by atoms with E-state index in [0.717, 1.165) is 44.9 Å². The zero-order valence-corrected chi connectivity index (χ0v) is 20.4. The maximum Gasteiger partial charge on any atom is 0.156 e. The van der Waals surface area contributed by atoms with Crippen LogP contribution < -0.4 is 4.90 Å². The average Bonchev–Trinajstić information content (AvgIpc) is 3.06. The van der Waals surface area contributed by atoms with E-state index in [0.29, 0.717) is 24.2 Å². The summed E-state index contributed by atoms with van der Waals surface area (Å²) in [7, 11) is 4.14. The molecule has 0 bridgehead atoms. The van der Waals surface area contributed by atoms with Gasteiger partial charge >= 0.3 is 0 Å². The molecule has 33 heavy (non-hydrogen) atoms. The van der Waals surface area contributed by atoms with Crippen LogP contribution in [-0.2, 0) is 4.79 Å². The lowest BCUT2D eigenvalue weighted by Crippen LogP contribution is -2.45. The quantitative estimate of drug-likeness (QED) is 0.663. The zero-order valence-electron chi connectivity index (χ0n) is 20.4. The molecule has 2 fully saturated rings. The van der Waals surface area contributed by atoms with Gasteiger partial charge in [-0.1, -0.05) is 24.6 Å². The smallest absolute Gasteiger partial charge is 0.156 e. The maximum atomic E-state index is 12.2. The van der Waals surface area contributed by atoms with E-state index < -0.39 is 0 Å². The summed E-state index contributed by atoms with van der Waals surface area (Å²) in [4.78, 5) is 14.3. The average molecular weight is 450 g/mol. The lowest BCUT2D eigenvalue weighted by molar-refractivity contribution is -0.114. The summed E-state index contributed by atoms with van der Waals surface area (Å²) in [6.07, 6.45) is 8.90. The van der Waals surface area contributed by atoms with Gasteiger partial charge in [0.2, 0.25) is 0 Å². The second-order valence-corrected chi connectivity index (χ2v) is 11.4. The van der Waals surface area contributed by atoms with Crippen molar-refractivity contribution < 1.29 is 15.0 Å². The molecule has 0 saturated heterocycles. The normalized spacial score (nSPS) is 35.6. The molecule has 4 heteroatoms. The molecule has 0 aromatic heterocycles. The van der Waals surface area contributed by atoms with Gasteiger partial charge in [-0.05, 0) is 103 Å². The highest BCUT2D eigenvalue weighted by Gasteiger charge is 2.59. The van der Waals surface area contributed by atoms with E-state index >= 15 is 0 Å². The lowest BCUT2D eigenvalue weighted by atomic mass is 9.53. The molecule has 4 aliphatic carbocycles. The van der Waals surface area contributed by atoms with Crippen molar-refractivity contribution in [1.29, 1.82) is 0 Å². The number of hydrogen-bond donors (Lipinski definition) is 2. The fraction of sp³-hybridized carbons (Fsp3) is 0.621. The molecule has 0 radical (unpaired) electrons. The number of allylic oxidation sites excluding steroid dienone is 4. The van der Waals surface area contributed by atoms with Gasteiger partial charge in [0.25, 0.3) is 0 Å². The van der Waals surface area contributed by atoms with Crippen LogP contribution in [0.4, 0.5) is 5.69 Å². The van der Waals surface area contributed by atoms with Gasteiger partial charge in [-0.3, -0.25) is 4.79 Å². The van der Waals surface area contributed by atoms with Crippen molar-refractivity contribution >= 4 is 11.5 Å². The first-order valence-electron chi connectivity index (χ1n) is 12.9. The molecule has 0 amide bonds. The Bertz CT molecular complexity index is 975. The second kappa shape index (κ2) is 8.70. The Balaban J connectivity index is 1.60. The monoisotopic (exact) mass is 449 g/mol. The van der Waals surface area contributed by atoms with Gasteiger partial charge in [-0.2, -0.15) is 0 Å². The minimum Gasteiger partial charge on any atom is -0.396 e. The van der Waals surface area contributed by atoms with Gasteiger partial charge in [0.05, 0.1) is 6.10 Å². The number of carbonyl (C=O) groups excluding carboxylic acids is 1. The van der Waals surface area contributed by atoms with Crippen LogP contribution in [0.1, 0.15) is 69.8 Å². The van der Waals surface area contributed by atoms with Crippen LogP contribution in [0.25, 0.3) is 0 Å². The number of ketones is 1. The predicted octanol–water partition coefficient (Wildman–Crippen LogP) is 5.01. The SMILES string of the molecule is CN(C)c1ccc([C@H]2C[C@@]3(C)[C@H](O)C(CCCO)C[C@H]3[C@@H]3CCC4=CC(=O)CCC4=C32)cc1. The molecule has 5 rings (SSSR count). The molecular formula is C29H39NO3. The zero-order chi connectivity index (χ0) is 23.3. The number of rotatable bonds is 5. The van der Waals surface area contributed by atoms with Crippen LogP contribution in [0.5, 0.6) is 0 Å². The summed E-state index contributed by atoms with van der Waals surface area (Å²) in [5.41, 5.74) is 6.76. The van der Waals surface area contributed by atoms with Crippen molar-refractivity contribution in [2.24, 2.45) is 23.2 Å². The Morgan fingerprint density at radius 1 is 1.12 bits per heavy atom. The first-order valence-corrected chi connectivity index (χ1v) is 12.9. The highest BCUT2D eigenvalue weighted by atomic mass is 16.3. The van der Waals surface area contributed by atoms with E-state index in [1.165, 1.54) is 22.4 Å². The van der Waals surface area contributed by atoms with Crippen LogP contribution in [-0.4, -0.2) is 42.8 Å². The molecular weight excluding hydrogens is 410 g/mol. The van der Waals surface area contributed by atoms with Gasteiger partial charge in [0.15, 0.2) is 5.78 Å². The Morgan fingerprint density at radius 2 is 1.88 bits per heavy atom. The van der Waals surface area contributed by atoms with Crippen LogP contribution >= 0.6 is 0 Å². The van der Waals surface area contributed by atoms with Crippen molar-refractivity contribution in [3.63, 3.8) is 0 Å². The fourth-order valence-electron chi connectivity index (χ4n) is 7.75.